The number of hydrogen-bond donors (Lipinski definition) is 2. The first-order chi connectivity index (χ1) is 14.9. The summed E-state index contributed by atoms with van der Waals surface area (Å²) in [6, 6.07) is 10.9. The summed E-state index contributed by atoms with van der Waals surface area (Å²) in [5.74, 6) is 0.755. The molecule has 0 spiro atoms. The predicted molar refractivity (Wildman–Crippen MR) is 121 cm³/mol. The molecule has 0 radical (unpaired) electrons. The van der Waals surface area contributed by atoms with Gasteiger partial charge >= 0.3 is 12.0 Å². The summed E-state index contributed by atoms with van der Waals surface area (Å²) in [7, 11) is 0. The van der Waals surface area contributed by atoms with Crippen LogP contribution >= 0.6 is 0 Å². The van der Waals surface area contributed by atoms with Gasteiger partial charge in [-0.1, -0.05) is 0 Å². The Morgan fingerprint density at radius 3 is 2.68 bits per heavy atom. The van der Waals surface area contributed by atoms with Crippen LogP contribution in [0.5, 0.6) is 0 Å². The molecule has 2 amide bonds. The Bertz CT molecular complexity index is 1060. The second-order valence-corrected chi connectivity index (χ2v) is 8.09. The second kappa shape index (κ2) is 8.79. The number of aromatic nitrogens is 2. The number of amides is 2. The molecular formula is C24H28N4O3. The van der Waals surface area contributed by atoms with E-state index in [0.717, 1.165) is 29.7 Å². The normalized spacial score (nSPS) is 16.4. The third-order valence-electron chi connectivity index (χ3n) is 5.86. The Hall–Kier alpha value is -3.35. The third-order valence-corrected chi connectivity index (χ3v) is 5.86. The number of ether oxygens (including phenoxy) is 1. The van der Waals surface area contributed by atoms with Gasteiger partial charge in [0.25, 0.3) is 0 Å². The molecule has 0 bridgehead atoms. The SMILES string of the molecule is CCOC(=O)c1ccc(NC(=O)N2CCC[C@H](c3nc4cc(C)c(C)cc4[nH]3)C2)cc1. The van der Waals surface area contributed by atoms with Gasteiger partial charge in [0, 0.05) is 24.7 Å². The Morgan fingerprint density at radius 1 is 1.19 bits per heavy atom. The van der Waals surface area contributed by atoms with Crippen LogP contribution in [0.25, 0.3) is 11.0 Å². The number of esters is 1. The number of rotatable bonds is 4. The van der Waals surface area contributed by atoms with Crippen LogP contribution in [0.1, 0.15) is 53.0 Å². The van der Waals surface area contributed by atoms with Gasteiger partial charge in [-0.15, -0.1) is 0 Å². The van der Waals surface area contributed by atoms with Crippen molar-refractivity contribution >= 4 is 28.7 Å². The van der Waals surface area contributed by atoms with Crippen LogP contribution in [-0.2, 0) is 4.74 Å². The average Bonchev–Trinajstić information content (AvgIpc) is 3.17. The zero-order valence-corrected chi connectivity index (χ0v) is 18.2. The molecule has 1 aliphatic rings. The zero-order valence-electron chi connectivity index (χ0n) is 18.2. The predicted octanol–water partition coefficient (Wildman–Crippen LogP) is 4.77. The van der Waals surface area contributed by atoms with E-state index in [2.05, 4.69) is 36.3 Å². The molecule has 0 aliphatic carbocycles. The summed E-state index contributed by atoms with van der Waals surface area (Å²) in [6.45, 7) is 7.62. The molecule has 31 heavy (non-hydrogen) atoms. The minimum Gasteiger partial charge on any atom is -0.462 e. The quantitative estimate of drug-likeness (QED) is 0.595. The lowest BCUT2D eigenvalue weighted by molar-refractivity contribution is 0.0526. The fourth-order valence-electron chi connectivity index (χ4n) is 3.97. The van der Waals surface area contributed by atoms with Gasteiger partial charge in [0.1, 0.15) is 5.82 Å². The van der Waals surface area contributed by atoms with E-state index in [9.17, 15) is 9.59 Å². The summed E-state index contributed by atoms with van der Waals surface area (Å²) < 4.78 is 4.99. The number of piperidine rings is 1. The smallest absolute Gasteiger partial charge is 0.338 e. The van der Waals surface area contributed by atoms with Gasteiger partial charge in [-0.25, -0.2) is 14.6 Å². The number of anilines is 1. The minimum absolute atomic E-state index is 0.142. The number of aromatic amines is 1. The topological polar surface area (TPSA) is 87.3 Å². The molecule has 1 aliphatic heterocycles. The molecule has 1 fully saturated rings. The highest BCUT2D eigenvalue weighted by molar-refractivity contribution is 5.92. The number of likely N-dealkylation sites (tertiary alicyclic amines) is 1. The fourth-order valence-corrected chi connectivity index (χ4v) is 3.97. The molecule has 1 saturated heterocycles. The van der Waals surface area contributed by atoms with Gasteiger partial charge in [-0.3, -0.25) is 0 Å². The lowest BCUT2D eigenvalue weighted by atomic mass is 9.97. The van der Waals surface area contributed by atoms with Crippen LogP contribution in [0.15, 0.2) is 36.4 Å². The van der Waals surface area contributed by atoms with E-state index in [1.165, 1.54) is 11.1 Å². The number of imidazole rings is 1. The van der Waals surface area contributed by atoms with E-state index in [-0.39, 0.29) is 17.9 Å². The van der Waals surface area contributed by atoms with Crippen LogP contribution in [0.3, 0.4) is 0 Å². The van der Waals surface area contributed by atoms with E-state index in [1.54, 1.807) is 31.2 Å². The summed E-state index contributed by atoms with van der Waals surface area (Å²) in [6.07, 6.45) is 1.92. The minimum atomic E-state index is -0.365. The van der Waals surface area contributed by atoms with Gasteiger partial charge in [-0.05, 0) is 81.1 Å². The fraction of sp³-hybridized carbons (Fsp3) is 0.375. The lowest BCUT2D eigenvalue weighted by Crippen LogP contribution is -2.41. The van der Waals surface area contributed by atoms with Crippen molar-refractivity contribution in [2.24, 2.45) is 0 Å². The highest BCUT2D eigenvalue weighted by Crippen LogP contribution is 2.28. The maximum Gasteiger partial charge on any atom is 0.338 e. The van der Waals surface area contributed by atoms with E-state index < -0.39 is 0 Å². The monoisotopic (exact) mass is 420 g/mol. The van der Waals surface area contributed by atoms with Crippen LogP contribution < -0.4 is 5.32 Å². The maximum absolute atomic E-state index is 12.8. The van der Waals surface area contributed by atoms with E-state index in [0.29, 0.717) is 30.9 Å². The maximum atomic E-state index is 12.8. The number of nitrogens with one attached hydrogen (secondary N) is 2. The van der Waals surface area contributed by atoms with Crippen molar-refractivity contribution in [2.45, 2.75) is 39.5 Å². The molecule has 2 heterocycles. The molecule has 0 unspecified atom stereocenters. The molecule has 0 saturated carbocycles. The molecule has 7 nitrogen and oxygen atoms in total. The van der Waals surface area contributed by atoms with Gasteiger partial charge < -0.3 is 19.9 Å². The van der Waals surface area contributed by atoms with Crippen LogP contribution in [0, 0.1) is 13.8 Å². The number of H-pyrrole nitrogens is 1. The van der Waals surface area contributed by atoms with Gasteiger partial charge in [0.05, 0.1) is 23.2 Å². The number of carbonyl (C=O) groups is 2. The van der Waals surface area contributed by atoms with Crippen LogP contribution in [-0.4, -0.2) is 46.6 Å². The van der Waals surface area contributed by atoms with E-state index in [1.807, 2.05) is 4.90 Å². The van der Waals surface area contributed by atoms with Gasteiger partial charge in [-0.2, -0.15) is 0 Å². The molecule has 4 rings (SSSR count). The first kappa shape index (κ1) is 20.9. The molecule has 1 atom stereocenters. The number of aryl methyl sites for hydroxylation is 2. The summed E-state index contributed by atoms with van der Waals surface area (Å²) in [4.78, 5) is 34.7. The summed E-state index contributed by atoms with van der Waals surface area (Å²) in [5.41, 5.74) is 5.59. The van der Waals surface area contributed by atoms with Gasteiger partial charge in [0.2, 0.25) is 0 Å². The first-order valence-electron chi connectivity index (χ1n) is 10.7. The highest BCUT2D eigenvalue weighted by atomic mass is 16.5. The zero-order chi connectivity index (χ0) is 22.0. The molecule has 162 valence electrons. The number of benzene rings is 2. The largest absolute Gasteiger partial charge is 0.462 e. The second-order valence-electron chi connectivity index (χ2n) is 8.09. The third kappa shape index (κ3) is 4.55. The van der Waals surface area contributed by atoms with Crippen LogP contribution in [0.4, 0.5) is 10.5 Å². The standard InChI is InChI=1S/C24H28N4O3/c1-4-31-23(29)17-7-9-19(10-8-17)25-24(30)28-11-5-6-18(14-28)22-26-20-12-15(2)16(3)13-21(20)27-22/h7-10,12-13,18H,4-6,11,14H2,1-3H3,(H,25,30)(H,26,27)/t18-/m0/s1. The van der Waals surface area contributed by atoms with Crippen LogP contribution in [0.2, 0.25) is 0 Å². The van der Waals surface area contributed by atoms with Gasteiger partial charge in [0.15, 0.2) is 0 Å². The molecule has 3 aromatic rings. The number of hydrogen-bond acceptors (Lipinski definition) is 4. The number of nitrogens with zero attached hydrogens (tertiary/aromatic N) is 2. The molecule has 2 N–H and O–H groups in total. The lowest BCUT2D eigenvalue weighted by Gasteiger charge is -2.31. The molecule has 2 aromatic carbocycles. The average molecular weight is 421 g/mol. The number of fused-ring (bicyclic) bond motifs is 1. The van der Waals surface area contributed by atoms with Crippen molar-refractivity contribution in [3.05, 3.63) is 58.9 Å². The molecule has 1 aromatic heterocycles. The van der Waals surface area contributed by atoms with Crippen molar-refractivity contribution in [2.75, 3.05) is 25.0 Å². The molecule has 7 heteroatoms. The Labute approximate surface area is 181 Å². The summed E-state index contributed by atoms with van der Waals surface area (Å²) >= 11 is 0. The number of urea groups is 1. The van der Waals surface area contributed by atoms with E-state index in [4.69, 9.17) is 9.72 Å². The van der Waals surface area contributed by atoms with Crippen molar-refractivity contribution in [1.29, 1.82) is 0 Å². The Morgan fingerprint density at radius 2 is 1.94 bits per heavy atom. The summed E-state index contributed by atoms with van der Waals surface area (Å²) in [5, 5.41) is 2.93. The first-order valence-corrected chi connectivity index (χ1v) is 10.7. The van der Waals surface area contributed by atoms with E-state index >= 15 is 0 Å². The number of carbonyl (C=O) groups excluding carboxylic acids is 2. The van der Waals surface area contributed by atoms with Crippen molar-refractivity contribution < 1.29 is 14.3 Å². The highest BCUT2D eigenvalue weighted by Gasteiger charge is 2.27. The van der Waals surface area contributed by atoms with Crippen molar-refractivity contribution in [1.82, 2.24) is 14.9 Å². The van der Waals surface area contributed by atoms with Crippen molar-refractivity contribution in [3.8, 4) is 0 Å². The Kier molecular flexibility index (Phi) is 5.93. The molecular weight excluding hydrogens is 392 g/mol. The Balaban J connectivity index is 1.42. The van der Waals surface area contributed by atoms with Crippen molar-refractivity contribution in [3.63, 3.8) is 0 Å².